The molecule has 1 saturated carbocycles. The van der Waals surface area contributed by atoms with Crippen LogP contribution in [0.1, 0.15) is 56.6 Å². The predicted octanol–water partition coefficient (Wildman–Crippen LogP) is 7.36. The zero-order valence-electron chi connectivity index (χ0n) is 18.1. The Labute approximate surface area is 175 Å². The number of nitrogens with zero attached hydrogens (tertiary/aromatic N) is 1. The Kier molecular flexibility index (Phi) is 5.40. The fourth-order valence-corrected chi connectivity index (χ4v) is 4.07. The summed E-state index contributed by atoms with van der Waals surface area (Å²) in [4.78, 5) is 4.03. The SMILES string of the molecule is [2H]C1(c2cc(-c3cccc(C#CC)c3)cc(-c3cccc(C#[N+]C)c3)c2)CCCC1. The molecule has 0 N–H and O–H groups in total. The molecule has 142 valence electrons. The summed E-state index contributed by atoms with van der Waals surface area (Å²) in [5, 5.41) is 0. The van der Waals surface area contributed by atoms with Gasteiger partial charge in [0, 0.05) is 6.93 Å². The first-order chi connectivity index (χ1) is 14.6. The normalized spacial score (nSPS) is 14.9. The summed E-state index contributed by atoms with van der Waals surface area (Å²) >= 11 is 0. The molecule has 1 aliphatic carbocycles. The first-order valence-corrected chi connectivity index (χ1v) is 10.3. The van der Waals surface area contributed by atoms with Crippen molar-refractivity contribution in [3.05, 3.63) is 88.3 Å². The summed E-state index contributed by atoms with van der Waals surface area (Å²) in [6.07, 6.45) is 4.10. The van der Waals surface area contributed by atoms with Gasteiger partial charge in [0.15, 0.2) is 0 Å². The Morgan fingerprint density at radius 1 is 0.828 bits per heavy atom. The maximum atomic E-state index is 9.11. The highest BCUT2D eigenvalue weighted by molar-refractivity contribution is 5.75. The monoisotopic (exact) mass is 377 g/mol. The zero-order chi connectivity index (χ0) is 21.0. The second kappa shape index (κ2) is 8.81. The minimum Gasteiger partial charge on any atom is -0.101 e. The van der Waals surface area contributed by atoms with Gasteiger partial charge >= 0.3 is 6.07 Å². The summed E-state index contributed by atoms with van der Waals surface area (Å²) in [6.45, 7) is 1.86. The Morgan fingerprint density at radius 3 is 2.07 bits per heavy atom. The average molecular weight is 378 g/mol. The maximum absolute atomic E-state index is 9.11. The first kappa shape index (κ1) is 17.8. The quantitative estimate of drug-likeness (QED) is 0.420. The van der Waals surface area contributed by atoms with Gasteiger partial charge in [-0.3, -0.25) is 0 Å². The second-order valence-corrected chi connectivity index (χ2v) is 7.48. The third-order valence-electron chi connectivity index (χ3n) is 5.45. The van der Waals surface area contributed by atoms with Crippen molar-refractivity contribution in [3.8, 4) is 40.2 Å². The van der Waals surface area contributed by atoms with Crippen LogP contribution in [0.4, 0.5) is 0 Å². The van der Waals surface area contributed by atoms with E-state index in [9.17, 15) is 0 Å². The Balaban J connectivity index is 1.89. The molecular formula is C28H26N+. The van der Waals surface area contributed by atoms with Gasteiger partial charge in [0.2, 0.25) is 0 Å². The third kappa shape index (κ3) is 4.42. The molecule has 0 spiro atoms. The summed E-state index contributed by atoms with van der Waals surface area (Å²) in [5.74, 6) is 5.64. The predicted molar refractivity (Wildman–Crippen MR) is 123 cm³/mol. The van der Waals surface area contributed by atoms with Crippen molar-refractivity contribution >= 4 is 0 Å². The second-order valence-electron chi connectivity index (χ2n) is 7.48. The highest BCUT2D eigenvalue weighted by Crippen LogP contribution is 2.38. The molecule has 0 radical (unpaired) electrons. The number of benzene rings is 3. The minimum atomic E-state index is -0.500. The molecule has 0 heterocycles. The van der Waals surface area contributed by atoms with Gasteiger partial charge in [-0.1, -0.05) is 60.0 Å². The van der Waals surface area contributed by atoms with Gasteiger partial charge in [0.05, 0.1) is 0 Å². The van der Waals surface area contributed by atoms with E-state index in [4.69, 9.17) is 1.37 Å². The van der Waals surface area contributed by atoms with Gasteiger partial charge < -0.3 is 0 Å². The van der Waals surface area contributed by atoms with Crippen LogP contribution >= 0.6 is 0 Å². The smallest absolute Gasteiger partial charge is 0.101 e. The van der Waals surface area contributed by atoms with Gasteiger partial charge in [0.1, 0.15) is 5.56 Å². The van der Waals surface area contributed by atoms with E-state index in [0.29, 0.717) is 0 Å². The summed E-state index contributed by atoms with van der Waals surface area (Å²) in [7, 11) is 1.74. The van der Waals surface area contributed by atoms with Crippen molar-refractivity contribution in [1.29, 1.82) is 0 Å². The van der Waals surface area contributed by atoms with E-state index < -0.39 is 5.89 Å². The largest absolute Gasteiger partial charge is 0.310 e. The van der Waals surface area contributed by atoms with E-state index in [0.717, 1.165) is 64.6 Å². The van der Waals surface area contributed by atoms with Crippen LogP contribution in [0.2, 0.25) is 0 Å². The Bertz CT molecular complexity index is 1110. The van der Waals surface area contributed by atoms with E-state index >= 15 is 0 Å². The molecule has 1 heteroatoms. The van der Waals surface area contributed by atoms with Gasteiger partial charge in [-0.25, -0.2) is 0 Å². The molecule has 3 aromatic carbocycles. The molecule has 0 aliphatic heterocycles. The van der Waals surface area contributed by atoms with E-state index in [1.165, 1.54) is 0 Å². The fraction of sp³-hybridized carbons (Fsp3) is 0.250. The van der Waals surface area contributed by atoms with Crippen molar-refractivity contribution < 1.29 is 1.37 Å². The lowest BCUT2D eigenvalue weighted by Gasteiger charge is -2.15. The molecule has 0 aromatic heterocycles. The van der Waals surface area contributed by atoms with Crippen molar-refractivity contribution in [2.75, 3.05) is 7.05 Å². The van der Waals surface area contributed by atoms with Crippen molar-refractivity contribution in [2.45, 2.75) is 38.5 Å². The standard InChI is InChI=1S/C28H26N/c1-3-8-21-9-6-13-24(15-21)27-17-26(23-11-4-5-12-23)18-28(19-27)25-14-7-10-22(16-25)20-29-2/h6-7,9-10,13-19,23H,4-5,11-12H2,1-2H3/q+1/i23D. The molecule has 1 nitrogen and oxygen atoms in total. The lowest BCUT2D eigenvalue weighted by atomic mass is 9.89. The molecule has 0 bridgehead atoms. The molecule has 0 amide bonds. The lowest BCUT2D eigenvalue weighted by molar-refractivity contribution is 0.724. The Morgan fingerprint density at radius 2 is 1.45 bits per heavy atom. The van der Waals surface area contributed by atoms with Gasteiger partial charge in [-0.2, -0.15) is 0 Å². The molecule has 0 saturated heterocycles. The van der Waals surface area contributed by atoms with Crippen LogP contribution in [0.15, 0.2) is 66.7 Å². The van der Waals surface area contributed by atoms with Crippen LogP contribution in [-0.4, -0.2) is 7.05 Å². The molecular weight excluding hydrogens is 350 g/mol. The molecule has 4 rings (SSSR count). The molecule has 29 heavy (non-hydrogen) atoms. The average Bonchev–Trinajstić information content (AvgIpc) is 3.22. The van der Waals surface area contributed by atoms with Crippen molar-refractivity contribution in [2.24, 2.45) is 0 Å². The fourth-order valence-electron chi connectivity index (χ4n) is 4.07. The highest BCUT2D eigenvalue weighted by Gasteiger charge is 2.19. The summed E-state index contributed by atoms with van der Waals surface area (Å²) < 4.78 is 9.11. The zero-order valence-corrected chi connectivity index (χ0v) is 17.1. The van der Waals surface area contributed by atoms with Crippen LogP contribution in [0.25, 0.3) is 27.1 Å². The van der Waals surface area contributed by atoms with Crippen LogP contribution < -0.4 is 0 Å². The minimum absolute atomic E-state index is 0.500. The van der Waals surface area contributed by atoms with Gasteiger partial charge in [-0.15, -0.1) is 5.92 Å². The van der Waals surface area contributed by atoms with E-state index in [1.807, 2.05) is 25.1 Å². The van der Waals surface area contributed by atoms with Crippen LogP contribution in [0.5, 0.6) is 0 Å². The Hall–Kier alpha value is -3.29. The highest BCUT2D eigenvalue weighted by atomic mass is 14.6. The number of hydrogen-bond donors (Lipinski definition) is 0. The number of rotatable bonds is 3. The summed E-state index contributed by atoms with van der Waals surface area (Å²) in [6, 6.07) is 26.3. The van der Waals surface area contributed by atoms with E-state index in [-0.39, 0.29) is 0 Å². The molecule has 1 fully saturated rings. The van der Waals surface area contributed by atoms with Crippen molar-refractivity contribution in [1.82, 2.24) is 0 Å². The topological polar surface area (TPSA) is 4.36 Å². The summed E-state index contributed by atoms with van der Waals surface area (Å²) in [5.41, 5.74) is 7.61. The van der Waals surface area contributed by atoms with Gasteiger partial charge in [0.25, 0.3) is 7.05 Å². The van der Waals surface area contributed by atoms with E-state index in [2.05, 4.69) is 71.3 Å². The lowest BCUT2D eigenvalue weighted by Crippen LogP contribution is -1.95. The van der Waals surface area contributed by atoms with Crippen LogP contribution in [-0.2, 0) is 0 Å². The van der Waals surface area contributed by atoms with Gasteiger partial charge in [-0.05, 0) is 83.8 Å². The molecule has 3 aromatic rings. The molecule has 1 aliphatic rings. The maximum Gasteiger partial charge on any atom is 0.310 e. The first-order valence-electron chi connectivity index (χ1n) is 10.8. The van der Waals surface area contributed by atoms with Crippen molar-refractivity contribution in [3.63, 3.8) is 0 Å². The number of hydrogen-bond acceptors (Lipinski definition) is 0. The van der Waals surface area contributed by atoms with Crippen LogP contribution in [0.3, 0.4) is 0 Å². The van der Waals surface area contributed by atoms with Crippen LogP contribution in [0, 0.1) is 17.9 Å². The molecule has 0 atom stereocenters. The van der Waals surface area contributed by atoms with E-state index in [1.54, 1.807) is 7.05 Å². The third-order valence-corrected chi connectivity index (χ3v) is 5.45. The molecule has 0 unspecified atom stereocenters.